The summed E-state index contributed by atoms with van der Waals surface area (Å²) in [5.41, 5.74) is 3.70. The molecule has 2 aromatic heterocycles. The fraction of sp³-hybridized carbons (Fsp3) is 0.480. The maximum absolute atomic E-state index is 13.4. The number of likely N-dealkylation sites (tertiary alicyclic amines) is 1. The zero-order chi connectivity index (χ0) is 23.3. The van der Waals surface area contributed by atoms with E-state index in [0.717, 1.165) is 59.1 Å². The van der Waals surface area contributed by atoms with Crippen LogP contribution >= 0.6 is 0 Å². The minimum atomic E-state index is 0.0495. The highest BCUT2D eigenvalue weighted by Crippen LogP contribution is 2.32. The second-order valence-electron chi connectivity index (χ2n) is 9.48. The van der Waals surface area contributed by atoms with Gasteiger partial charge in [0.05, 0.1) is 17.5 Å². The molecule has 1 saturated heterocycles. The molecule has 0 unspecified atom stereocenters. The molecule has 172 valence electrons. The van der Waals surface area contributed by atoms with Gasteiger partial charge in [-0.15, -0.1) is 0 Å². The largest absolute Gasteiger partial charge is 0.340 e. The SMILES string of the molecule is Cc1nc([C@@H]2CCCN(C(=O)Cn3c(C(C)C)nc4ccccc43)C2)nc2c1CC(=O)N2C. The first kappa shape index (κ1) is 21.6. The number of carbonyl (C=O) groups is 2. The molecule has 1 aromatic carbocycles. The Bertz CT molecular complexity index is 1250. The smallest absolute Gasteiger partial charge is 0.242 e. The molecule has 1 fully saturated rings. The van der Waals surface area contributed by atoms with Crippen LogP contribution in [-0.2, 0) is 22.6 Å². The minimum absolute atomic E-state index is 0.0495. The highest BCUT2D eigenvalue weighted by molar-refractivity contribution is 6.00. The molecule has 4 heterocycles. The molecular weight excluding hydrogens is 416 g/mol. The zero-order valence-electron chi connectivity index (χ0n) is 19.7. The third-order valence-corrected chi connectivity index (χ3v) is 6.86. The van der Waals surface area contributed by atoms with Gasteiger partial charge in [-0.2, -0.15) is 0 Å². The van der Waals surface area contributed by atoms with Crippen LogP contribution in [0.15, 0.2) is 24.3 Å². The van der Waals surface area contributed by atoms with E-state index < -0.39 is 0 Å². The quantitative estimate of drug-likeness (QED) is 0.615. The van der Waals surface area contributed by atoms with Gasteiger partial charge in [0, 0.05) is 43.2 Å². The second-order valence-corrected chi connectivity index (χ2v) is 9.48. The van der Waals surface area contributed by atoms with E-state index in [-0.39, 0.29) is 30.2 Å². The molecule has 8 nitrogen and oxygen atoms in total. The van der Waals surface area contributed by atoms with Crippen LogP contribution in [0.3, 0.4) is 0 Å². The zero-order valence-corrected chi connectivity index (χ0v) is 19.7. The molecule has 2 aliphatic heterocycles. The van der Waals surface area contributed by atoms with Crippen molar-refractivity contribution in [1.82, 2.24) is 24.4 Å². The molecule has 0 bridgehead atoms. The number of benzene rings is 1. The molecule has 0 N–H and O–H groups in total. The molecule has 0 saturated carbocycles. The van der Waals surface area contributed by atoms with Crippen molar-refractivity contribution >= 4 is 28.7 Å². The normalized spacial score (nSPS) is 18.5. The predicted molar refractivity (Wildman–Crippen MR) is 126 cm³/mol. The van der Waals surface area contributed by atoms with Gasteiger partial charge in [-0.1, -0.05) is 26.0 Å². The Morgan fingerprint density at radius 3 is 2.76 bits per heavy atom. The van der Waals surface area contributed by atoms with Crippen LogP contribution in [-0.4, -0.2) is 56.4 Å². The number of nitrogens with zero attached hydrogens (tertiary/aromatic N) is 6. The van der Waals surface area contributed by atoms with Crippen molar-refractivity contribution in [3.05, 3.63) is 47.2 Å². The molecule has 33 heavy (non-hydrogen) atoms. The molecule has 3 aromatic rings. The van der Waals surface area contributed by atoms with Crippen LogP contribution in [0.2, 0.25) is 0 Å². The molecule has 2 aliphatic rings. The van der Waals surface area contributed by atoms with E-state index in [0.29, 0.717) is 13.0 Å². The van der Waals surface area contributed by atoms with Crippen molar-refractivity contribution in [1.29, 1.82) is 0 Å². The molecule has 8 heteroatoms. The number of anilines is 1. The molecule has 1 atom stereocenters. The fourth-order valence-electron chi connectivity index (χ4n) is 5.01. The Hall–Kier alpha value is -3.29. The number of rotatable bonds is 4. The standard InChI is InChI=1S/C25H30N6O2/c1-15(2)24-27-19-9-5-6-10-20(19)31(24)14-22(33)30-11-7-8-17(13-30)23-26-16(3)18-12-21(32)29(4)25(18)28-23/h5-6,9-10,15,17H,7-8,11-14H2,1-4H3/t17-/m1/s1. The first-order valence-electron chi connectivity index (χ1n) is 11.7. The van der Waals surface area contributed by atoms with Crippen molar-refractivity contribution < 1.29 is 9.59 Å². The average Bonchev–Trinajstić information content (AvgIpc) is 3.32. The molecule has 0 spiro atoms. The Balaban J connectivity index is 1.38. The number of hydrogen-bond acceptors (Lipinski definition) is 5. The van der Waals surface area contributed by atoms with Crippen molar-refractivity contribution in [3.8, 4) is 0 Å². The number of amides is 2. The number of hydrogen-bond donors (Lipinski definition) is 0. The number of para-hydroxylation sites is 2. The van der Waals surface area contributed by atoms with E-state index in [2.05, 4.69) is 18.4 Å². The number of piperidine rings is 1. The van der Waals surface area contributed by atoms with Crippen molar-refractivity contribution in [2.45, 2.75) is 58.4 Å². The molecule has 2 amide bonds. The fourth-order valence-corrected chi connectivity index (χ4v) is 5.01. The second kappa shape index (κ2) is 8.24. The van der Waals surface area contributed by atoms with E-state index in [4.69, 9.17) is 15.0 Å². The van der Waals surface area contributed by atoms with Gasteiger partial charge >= 0.3 is 0 Å². The van der Waals surface area contributed by atoms with Gasteiger partial charge in [-0.3, -0.25) is 14.5 Å². The lowest BCUT2D eigenvalue weighted by atomic mass is 9.96. The van der Waals surface area contributed by atoms with Crippen LogP contribution in [0.25, 0.3) is 11.0 Å². The molecule has 0 radical (unpaired) electrons. The predicted octanol–water partition coefficient (Wildman–Crippen LogP) is 3.18. The van der Waals surface area contributed by atoms with Gasteiger partial charge in [-0.05, 0) is 31.9 Å². The number of carbonyl (C=O) groups excluding carboxylic acids is 2. The Labute approximate surface area is 193 Å². The lowest BCUT2D eigenvalue weighted by molar-refractivity contribution is -0.133. The van der Waals surface area contributed by atoms with Gasteiger partial charge in [0.25, 0.3) is 0 Å². The lowest BCUT2D eigenvalue weighted by Crippen LogP contribution is -2.41. The van der Waals surface area contributed by atoms with Gasteiger partial charge in [0.15, 0.2) is 0 Å². The molecule has 0 aliphatic carbocycles. The topological polar surface area (TPSA) is 84.2 Å². The maximum Gasteiger partial charge on any atom is 0.242 e. The number of aromatic nitrogens is 4. The van der Waals surface area contributed by atoms with Crippen LogP contribution in [0.1, 0.15) is 61.4 Å². The summed E-state index contributed by atoms with van der Waals surface area (Å²) in [7, 11) is 1.77. The summed E-state index contributed by atoms with van der Waals surface area (Å²) < 4.78 is 2.06. The number of aryl methyl sites for hydroxylation is 1. The monoisotopic (exact) mass is 446 g/mol. The third kappa shape index (κ3) is 3.77. The van der Waals surface area contributed by atoms with E-state index in [1.54, 1.807) is 11.9 Å². The minimum Gasteiger partial charge on any atom is -0.340 e. The first-order chi connectivity index (χ1) is 15.8. The van der Waals surface area contributed by atoms with Crippen molar-refractivity contribution in [3.63, 3.8) is 0 Å². The summed E-state index contributed by atoms with van der Waals surface area (Å²) in [4.78, 5) is 43.4. The van der Waals surface area contributed by atoms with Crippen LogP contribution in [0, 0.1) is 6.92 Å². The summed E-state index contributed by atoms with van der Waals surface area (Å²) in [5.74, 6) is 2.83. The Morgan fingerprint density at radius 1 is 1.18 bits per heavy atom. The van der Waals surface area contributed by atoms with Gasteiger partial charge < -0.3 is 9.47 Å². The number of imidazole rings is 1. The van der Waals surface area contributed by atoms with Gasteiger partial charge in [0.2, 0.25) is 11.8 Å². The third-order valence-electron chi connectivity index (χ3n) is 6.86. The number of fused-ring (bicyclic) bond motifs is 2. The first-order valence-corrected chi connectivity index (χ1v) is 11.7. The van der Waals surface area contributed by atoms with E-state index >= 15 is 0 Å². The molecular formula is C25H30N6O2. The lowest BCUT2D eigenvalue weighted by Gasteiger charge is -2.32. The Morgan fingerprint density at radius 2 is 1.97 bits per heavy atom. The van der Waals surface area contributed by atoms with Crippen LogP contribution in [0.5, 0.6) is 0 Å². The summed E-state index contributed by atoms with van der Waals surface area (Å²) in [6, 6.07) is 7.99. The van der Waals surface area contributed by atoms with Crippen LogP contribution < -0.4 is 4.90 Å². The van der Waals surface area contributed by atoms with E-state index in [1.165, 1.54) is 0 Å². The van der Waals surface area contributed by atoms with E-state index in [1.807, 2.05) is 36.1 Å². The van der Waals surface area contributed by atoms with Gasteiger partial charge in [0.1, 0.15) is 24.0 Å². The summed E-state index contributed by atoms with van der Waals surface area (Å²) >= 11 is 0. The Kier molecular flexibility index (Phi) is 5.38. The van der Waals surface area contributed by atoms with Crippen molar-refractivity contribution in [2.24, 2.45) is 0 Å². The highest BCUT2D eigenvalue weighted by Gasteiger charge is 2.32. The van der Waals surface area contributed by atoms with Crippen LogP contribution in [0.4, 0.5) is 5.82 Å². The average molecular weight is 447 g/mol. The summed E-state index contributed by atoms with van der Waals surface area (Å²) in [5, 5.41) is 0. The highest BCUT2D eigenvalue weighted by atomic mass is 16.2. The van der Waals surface area contributed by atoms with Gasteiger partial charge in [-0.25, -0.2) is 15.0 Å². The van der Waals surface area contributed by atoms with E-state index in [9.17, 15) is 9.59 Å². The van der Waals surface area contributed by atoms with Crippen molar-refractivity contribution in [2.75, 3.05) is 25.0 Å². The summed E-state index contributed by atoms with van der Waals surface area (Å²) in [6.07, 6.45) is 2.21. The molecule has 5 rings (SSSR count). The number of likely N-dealkylation sites (N-methyl/N-ethyl adjacent to an activating group) is 1. The summed E-state index contributed by atoms with van der Waals surface area (Å²) in [6.45, 7) is 7.77. The maximum atomic E-state index is 13.4.